The zero-order valence-electron chi connectivity index (χ0n) is 18.9. The van der Waals surface area contributed by atoms with Gasteiger partial charge in [-0.1, -0.05) is 12.6 Å². The fourth-order valence-electron chi connectivity index (χ4n) is 5.28. The summed E-state index contributed by atoms with van der Waals surface area (Å²) < 4.78 is 6.24. The van der Waals surface area contributed by atoms with Gasteiger partial charge < -0.3 is 29.4 Å². The van der Waals surface area contributed by atoms with E-state index in [1.165, 1.54) is 5.56 Å². The van der Waals surface area contributed by atoms with Crippen LogP contribution in [-0.4, -0.2) is 67.6 Å². The molecule has 0 radical (unpaired) electrons. The molecule has 4 rings (SSSR count). The van der Waals surface area contributed by atoms with E-state index < -0.39 is 6.04 Å². The highest BCUT2D eigenvalue weighted by atomic mass is 16.5. The van der Waals surface area contributed by atoms with Crippen LogP contribution in [0.3, 0.4) is 0 Å². The van der Waals surface area contributed by atoms with Crippen molar-refractivity contribution in [2.75, 3.05) is 33.3 Å². The summed E-state index contributed by atoms with van der Waals surface area (Å²) in [5, 5.41) is 2.99. The average Bonchev–Trinajstić information content (AvgIpc) is 3.34. The van der Waals surface area contributed by atoms with Crippen LogP contribution in [0.25, 0.3) is 0 Å². The first-order valence-electron chi connectivity index (χ1n) is 11.6. The monoisotopic (exact) mass is 439 g/mol. The molecule has 1 amide bonds. The second-order valence-corrected chi connectivity index (χ2v) is 9.22. The number of piperidine rings is 1. The highest BCUT2D eigenvalue weighted by molar-refractivity contribution is 6.00. The number of amides is 1. The van der Waals surface area contributed by atoms with Crippen LogP contribution >= 0.6 is 0 Å². The summed E-state index contributed by atoms with van der Waals surface area (Å²) in [7, 11) is 1.81. The van der Waals surface area contributed by atoms with E-state index >= 15 is 0 Å². The molecule has 3 aliphatic rings. The number of aldehydes is 2. The maximum atomic E-state index is 13.1. The van der Waals surface area contributed by atoms with Crippen molar-refractivity contribution in [3.8, 4) is 5.75 Å². The number of benzene rings is 1. The minimum absolute atomic E-state index is 0.00339. The third-order valence-corrected chi connectivity index (χ3v) is 7.41. The molecule has 1 spiro atoms. The van der Waals surface area contributed by atoms with Crippen LogP contribution in [0.5, 0.6) is 5.75 Å². The molecule has 1 N–H and O–H groups in total. The first-order chi connectivity index (χ1) is 15.5. The first kappa shape index (κ1) is 22.5. The lowest BCUT2D eigenvalue weighted by Gasteiger charge is -2.38. The number of nitrogens with zero attached hydrogens (tertiary/aromatic N) is 2. The summed E-state index contributed by atoms with van der Waals surface area (Å²) >= 11 is 0. The van der Waals surface area contributed by atoms with Gasteiger partial charge in [-0.15, -0.1) is 0 Å². The Morgan fingerprint density at radius 3 is 2.78 bits per heavy atom. The van der Waals surface area contributed by atoms with E-state index in [1.54, 1.807) is 11.9 Å². The number of carbonyl (C=O) groups is 3. The molecule has 0 bridgehead atoms. The minimum atomic E-state index is -0.472. The number of ether oxygens (including phenoxy) is 1. The predicted molar refractivity (Wildman–Crippen MR) is 122 cm³/mol. The number of likely N-dealkylation sites (tertiary alicyclic amines) is 1. The van der Waals surface area contributed by atoms with Crippen molar-refractivity contribution in [1.29, 1.82) is 0 Å². The Morgan fingerprint density at radius 2 is 2.09 bits per heavy atom. The predicted octanol–water partition coefficient (Wildman–Crippen LogP) is 2.43. The van der Waals surface area contributed by atoms with Crippen LogP contribution in [-0.2, 0) is 21.5 Å². The molecule has 3 heterocycles. The molecule has 0 saturated carbocycles. The lowest BCUT2D eigenvalue weighted by atomic mass is 9.74. The molecule has 7 nitrogen and oxygen atoms in total. The van der Waals surface area contributed by atoms with E-state index in [4.69, 9.17) is 4.74 Å². The van der Waals surface area contributed by atoms with Crippen LogP contribution in [0.1, 0.15) is 60.0 Å². The minimum Gasteiger partial charge on any atom is -0.492 e. The van der Waals surface area contributed by atoms with Crippen molar-refractivity contribution >= 4 is 18.5 Å². The van der Waals surface area contributed by atoms with Gasteiger partial charge in [0.25, 0.3) is 5.91 Å². The van der Waals surface area contributed by atoms with Gasteiger partial charge in [0.2, 0.25) is 0 Å². The lowest BCUT2D eigenvalue weighted by Crippen LogP contribution is -2.43. The Labute approximate surface area is 189 Å². The van der Waals surface area contributed by atoms with Gasteiger partial charge >= 0.3 is 0 Å². The molecule has 32 heavy (non-hydrogen) atoms. The fraction of sp³-hybridized carbons (Fsp3) is 0.560. The van der Waals surface area contributed by atoms with Crippen molar-refractivity contribution in [1.82, 2.24) is 15.1 Å². The number of nitrogens with one attached hydrogen (secondary N) is 1. The summed E-state index contributed by atoms with van der Waals surface area (Å²) in [6.07, 6.45) is 6.61. The zero-order chi connectivity index (χ0) is 22.7. The highest BCUT2D eigenvalue weighted by Gasteiger charge is 2.46. The number of fused-ring (bicyclic) bond motifs is 4. The quantitative estimate of drug-likeness (QED) is 0.446. The standard InChI is InChI=1S/C25H33N3O4/c1-18(26-2)5-6-19(16-30)28-15-21-20(24(28)31)7-8-22-23(21)32-17-25(22)9-12-27(13-10-25)11-3-4-14-29/h7-8,14,16,19,26H,1,3-6,9-13,15,17H2,2H3/t19-/m0/s1. The Bertz CT molecular complexity index is 905. The van der Waals surface area contributed by atoms with Crippen molar-refractivity contribution in [3.63, 3.8) is 0 Å². The normalized spacial score (nSPS) is 19.9. The van der Waals surface area contributed by atoms with Crippen molar-refractivity contribution in [3.05, 3.63) is 41.1 Å². The smallest absolute Gasteiger partial charge is 0.255 e. The fourth-order valence-corrected chi connectivity index (χ4v) is 5.28. The van der Waals surface area contributed by atoms with E-state index in [1.807, 2.05) is 6.07 Å². The molecule has 3 aliphatic heterocycles. The molecule has 172 valence electrons. The molecule has 1 atom stereocenters. The molecular weight excluding hydrogens is 406 g/mol. The summed E-state index contributed by atoms with van der Waals surface area (Å²) in [4.78, 5) is 39.6. The molecule has 1 fully saturated rings. The Balaban J connectivity index is 1.48. The molecule has 0 aliphatic carbocycles. The molecule has 0 unspecified atom stereocenters. The number of hydrogen-bond donors (Lipinski definition) is 1. The van der Waals surface area contributed by atoms with Crippen molar-refractivity contribution < 1.29 is 19.1 Å². The van der Waals surface area contributed by atoms with Gasteiger partial charge in [0.1, 0.15) is 18.3 Å². The topological polar surface area (TPSA) is 79.0 Å². The third-order valence-electron chi connectivity index (χ3n) is 7.41. The van der Waals surface area contributed by atoms with Gasteiger partial charge in [-0.3, -0.25) is 4.79 Å². The number of hydrogen-bond acceptors (Lipinski definition) is 6. The van der Waals surface area contributed by atoms with Crippen LogP contribution in [0.15, 0.2) is 24.4 Å². The van der Waals surface area contributed by atoms with Gasteiger partial charge in [0.05, 0.1) is 19.2 Å². The molecule has 0 aromatic heterocycles. The number of carbonyl (C=O) groups excluding carboxylic acids is 3. The van der Waals surface area contributed by atoms with E-state index in [0.29, 0.717) is 38.0 Å². The third kappa shape index (κ3) is 4.06. The number of rotatable bonds is 10. The number of allylic oxidation sites excluding steroid dienone is 1. The van der Waals surface area contributed by atoms with Gasteiger partial charge in [0.15, 0.2) is 0 Å². The molecular formula is C25H33N3O4. The Kier molecular flexibility index (Phi) is 6.65. The lowest BCUT2D eigenvalue weighted by molar-refractivity contribution is -0.112. The zero-order valence-corrected chi connectivity index (χ0v) is 18.9. The van der Waals surface area contributed by atoms with Crippen LogP contribution in [0, 0.1) is 0 Å². The van der Waals surface area contributed by atoms with E-state index in [-0.39, 0.29) is 11.3 Å². The second-order valence-electron chi connectivity index (χ2n) is 9.22. The number of unbranched alkanes of at least 4 members (excludes halogenated alkanes) is 1. The SMILES string of the molecule is C=C(CC[C@@H](C=O)N1Cc2c(ccc3c2OCC32CCN(CCCC=O)CC2)C1=O)NC. The largest absolute Gasteiger partial charge is 0.492 e. The molecule has 1 saturated heterocycles. The highest BCUT2D eigenvalue weighted by Crippen LogP contribution is 2.49. The van der Waals surface area contributed by atoms with Crippen LogP contribution < -0.4 is 10.1 Å². The summed E-state index contributed by atoms with van der Waals surface area (Å²) in [6.45, 7) is 7.93. The van der Waals surface area contributed by atoms with E-state index in [9.17, 15) is 14.4 Å². The van der Waals surface area contributed by atoms with Crippen molar-refractivity contribution in [2.45, 2.75) is 56.5 Å². The summed E-state index contributed by atoms with van der Waals surface area (Å²) in [5.74, 6) is 0.765. The maximum Gasteiger partial charge on any atom is 0.255 e. The van der Waals surface area contributed by atoms with E-state index in [0.717, 1.165) is 68.5 Å². The van der Waals surface area contributed by atoms with Gasteiger partial charge in [0, 0.05) is 41.3 Å². The molecule has 7 heteroatoms. The first-order valence-corrected chi connectivity index (χ1v) is 11.6. The summed E-state index contributed by atoms with van der Waals surface area (Å²) in [6, 6.07) is 3.53. The average molecular weight is 440 g/mol. The van der Waals surface area contributed by atoms with Gasteiger partial charge in [-0.25, -0.2) is 0 Å². The van der Waals surface area contributed by atoms with Crippen molar-refractivity contribution in [2.24, 2.45) is 0 Å². The van der Waals surface area contributed by atoms with Crippen LogP contribution in [0.2, 0.25) is 0 Å². The van der Waals surface area contributed by atoms with E-state index in [2.05, 4.69) is 22.9 Å². The van der Waals surface area contributed by atoms with Crippen LogP contribution in [0.4, 0.5) is 0 Å². The Morgan fingerprint density at radius 1 is 1.31 bits per heavy atom. The molecule has 1 aromatic rings. The molecule has 1 aromatic carbocycles. The summed E-state index contributed by atoms with van der Waals surface area (Å²) in [5.41, 5.74) is 3.65. The second kappa shape index (κ2) is 9.45. The van der Waals surface area contributed by atoms with Gasteiger partial charge in [-0.2, -0.15) is 0 Å². The van der Waals surface area contributed by atoms with Gasteiger partial charge in [-0.05, 0) is 57.8 Å². The Hall–Kier alpha value is -2.67. The maximum absolute atomic E-state index is 13.1.